The molecule has 6 heteroatoms. The predicted octanol–water partition coefficient (Wildman–Crippen LogP) is 2.83. The van der Waals surface area contributed by atoms with Crippen molar-refractivity contribution in [2.45, 2.75) is 18.7 Å². The second kappa shape index (κ2) is 5.13. The predicted molar refractivity (Wildman–Crippen MR) is 77.5 cm³/mol. The van der Waals surface area contributed by atoms with Gasteiger partial charge < -0.3 is 5.73 Å². The van der Waals surface area contributed by atoms with E-state index in [1.54, 1.807) is 24.3 Å². The summed E-state index contributed by atoms with van der Waals surface area (Å²) < 4.78 is 40.7. The Hall–Kier alpha value is -2.08. The van der Waals surface area contributed by atoms with E-state index < -0.39 is 20.7 Å². The molecule has 2 rings (SSSR count). The van der Waals surface area contributed by atoms with E-state index in [1.165, 1.54) is 13.0 Å². The van der Waals surface area contributed by atoms with Crippen LogP contribution in [0.4, 0.5) is 15.8 Å². The molecule has 0 aromatic heterocycles. The summed E-state index contributed by atoms with van der Waals surface area (Å²) >= 11 is 0. The standard InChI is InChI=1S/C14H15FN2O2S/c1-9-3-5-12(6-4-9)17-20(18,19)13-8-11(16)7-10(2)14(13)15/h3-8,17H,16H2,1-2H3. The molecule has 0 saturated carbocycles. The molecule has 0 aliphatic heterocycles. The van der Waals surface area contributed by atoms with Gasteiger partial charge in [0, 0.05) is 11.4 Å². The summed E-state index contributed by atoms with van der Waals surface area (Å²) in [5.41, 5.74) is 7.34. The van der Waals surface area contributed by atoms with Gasteiger partial charge in [-0.2, -0.15) is 0 Å². The largest absolute Gasteiger partial charge is 0.399 e. The highest BCUT2D eigenvalue weighted by Crippen LogP contribution is 2.24. The monoisotopic (exact) mass is 294 g/mol. The van der Waals surface area contributed by atoms with Crippen LogP contribution >= 0.6 is 0 Å². The van der Waals surface area contributed by atoms with Crippen molar-refractivity contribution in [3.8, 4) is 0 Å². The Balaban J connectivity index is 2.43. The van der Waals surface area contributed by atoms with Gasteiger partial charge in [-0.1, -0.05) is 17.7 Å². The molecule has 4 nitrogen and oxygen atoms in total. The van der Waals surface area contributed by atoms with Gasteiger partial charge >= 0.3 is 0 Å². The third kappa shape index (κ3) is 2.91. The van der Waals surface area contributed by atoms with Gasteiger partial charge in [-0.25, -0.2) is 12.8 Å². The van der Waals surface area contributed by atoms with E-state index in [0.717, 1.165) is 11.6 Å². The fourth-order valence-electron chi connectivity index (χ4n) is 1.79. The lowest BCUT2D eigenvalue weighted by atomic mass is 10.2. The highest BCUT2D eigenvalue weighted by Gasteiger charge is 2.21. The molecule has 0 unspecified atom stereocenters. The third-order valence-electron chi connectivity index (χ3n) is 2.84. The number of hydrogen-bond acceptors (Lipinski definition) is 3. The van der Waals surface area contributed by atoms with Gasteiger partial charge in [-0.05, 0) is 43.7 Å². The van der Waals surface area contributed by atoms with Gasteiger partial charge in [-0.15, -0.1) is 0 Å². The lowest BCUT2D eigenvalue weighted by Crippen LogP contribution is -2.15. The Morgan fingerprint density at radius 1 is 1.10 bits per heavy atom. The summed E-state index contributed by atoms with van der Waals surface area (Å²) in [6.45, 7) is 3.36. The van der Waals surface area contributed by atoms with Crippen LogP contribution in [0.3, 0.4) is 0 Å². The summed E-state index contributed by atoms with van der Waals surface area (Å²) in [5, 5.41) is 0. The zero-order valence-electron chi connectivity index (χ0n) is 11.1. The Bertz CT molecular complexity index is 741. The van der Waals surface area contributed by atoms with E-state index in [4.69, 9.17) is 5.73 Å². The summed E-state index contributed by atoms with van der Waals surface area (Å²) in [4.78, 5) is -0.449. The molecular formula is C14H15FN2O2S. The van der Waals surface area contributed by atoms with E-state index in [0.29, 0.717) is 5.69 Å². The molecule has 2 aromatic rings. The maximum atomic E-state index is 14.0. The molecule has 2 aromatic carbocycles. The zero-order valence-corrected chi connectivity index (χ0v) is 12.0. The summed E-state index contributed by atoms with van der Waals surface area (Å²) in [6, 6.07) is 9.25. The smallest absolute Gasteiger partial charge is 0.264 e. The lowest BCUT2D eigenvalue weighted by Gasteiger charge is -2.11. The highest BCUT2D eigenvalue weighted by molar-refractivity contribution is 7.92. The van der Waals surface area contributed by atoms with Crippen LogP contribution in [0.5, 0.6) is 0 Å². The minimum atomic E-state index is -4.01. The number of sulfonamides is 1. The minimum Gasteiger partial charge on any atom is -0.399 e. The summed E-state index contributed by atoms with van der Waals surface area (Å²) in [7, 11) is -4.01. The quantitative estimate of drug-likeness (QED) is 0.855. The number of nitrogens with two attached hydrogens (primary N) is 1. The molecule has 0 amide bonds. The van der Waals surface area contributed by atoms with Crippen LogP contribution in [-0.2, 0) is 10.0 Å². The van der Waals surface area contributed by atoms with Crippen molar-refractivity contribution >= 4 is 21.4 Å². The van der Waals surface area contributed by atoms with E-state index >= 15 is 0 Å². The first-order chi connectivity index (χ1) is 9.29. The average Bonchev–Trinajstić information content (AvgIpc) is 2.36. The SMILES string of the molecule is Cc1ccc(NS(=O)(=O)c2cc(N)cc(C)c2F)cc1. The Morgan fingerprint density at radius 2 is 1.70 bits per heavy atom. The maximum absolute atomic E-state index is 14.0. The number of nitrogens with one attached hydrogen (secondary N) is 1. The van der Waals surface area contributed by atoms with Crippen molar-refractivity contribution < 1.29 is 12.8 Å². The number of benzene rings is 2. The first kappa shape index (κ1) is 14.3. The van der Waals surface area contributed by atoms with E-state index in [9.17, 15) is 12.8 Å². The van der Waals surface area contributed by atoms with Gasteiger partial charge in [0.2, 0.25) is 0 Å². The normalized spacial score (nSPS) is 11.3. The lowest BCUT2D eigenvalue weighted by molar-refractivity contribution is 0.565. The second-order valence-corrected chi connectivity index (χ2v) is 6.27. The van der Waals surface area contributed by atoms with Crippen LogP contribution in [0.1, 0.15) is 11.1 Å². The van der Waals surface area contributed by atoms with Gasteiger partial charge in [0.25, 0.3) is 10.0 Å². The van der Waals surface area contributed by atoms with Crippen LogP contribution in [0.2, 0.25) is 0 Å². The summed E-state index contributed by atoms with van der Waals surface area (Å²) in [6.07, 6.45) is 0. The molecule has 106 valence electrons. The Labute approximate surface area is 117 Å². The minimum absolute atomic E-state index is 0.189. The number of anilines is 2. The number of halogens is 1. The molecule has 20 heavy (non-hydrogen) atoms. The molecular weight excluding hydrogens is 279 g/mol. The molecule has 0 heterocycles. The molecule has 3 N–H and O–H groups in total. The second-order valence-electron chi connectivity index (χ2n) is 4.62. The maximum Gasteiger partial charge on any atom is 0.264 e. The van der Waals surface area contributed by atoms with Crippen molar-refractivity contribution in [2.75, 3.05) is 10.5 Å². The molecule has 0 aliphatic carbocycles. The molecule has 0 spiro atoms. The Kier molecular flexibility index (Phi) is 3.67. The van der Waals surface area contributed by atoms with Crippen molar-refractivity contribution in [1.82, 2.24) is 0 Å². The molecule has 0 aliphatic rings. The molecule has 0 fully saturated rings. The Morgan fingerprint density at radius 3 is 2.30 bits per heavy atom. The highest BCUT2D eigenvalue weighted by atomic mass is 32.2. The van der Waals surface area contributed by atoms with Gasteiger partial charge in [0.05, 0.1) is 0 Å². The van der Waals surface area contributed by atoms with Crippen LogP contribution in [0.25, 0.3) is 0 Å². The van der Waals surface area contributed by atoms with Gasteiger partial charge in [0.1, 0.15) is 10.7 Å². The molecule has 0 atom stereocenters. The summed E-state index contributed by atoms with van der Waals surface area (Å²) in [5.74, 6) is -0.793. The van der Waals surface area contributed by atoms with E-state index in [1.807, 2.05) is 6.92 Å². The van der Waals surface area contributed by atoms with E-state index in [-0.39, 0.29) is 11.3 Å². The van der Waals surface area contributed by atoms with Crippen LogP contribution in [0.15, 0.2) is 41.3 Å². The molecule has 0 radical (unpaired) electrons. The number of aryl methyl sites for hydroxylation is 2. The fourth-order valence-corrected chi connectivity index (χ4v) is 3.04. The van der Waals surface area contributed by atoms with Crippen molar-refractivity contribution in [3.63, 3.8) is 0 Å². The van der Waals surface area contributed by atoms with Crippen molar-refractivity contribution in [2.24, 2.45) is 0 Å². The van der Waals surface area contributed by atoms with Crippen molar-refractivity contribution in [3.05, 3.63) is 53.3 Å². The van der Waals surface area contributed by atoms with Crippen LogP contribution in [0, 0.1) is 19.7 Å². The van der Waals surface area contributed by atoms with Crippen molar-refractivity contribution in [1.29, 1.82) is 0 Å². The number of rotatable bonds is 3. The van der Waals surface area contributed by atoms with Crippen LogP contribution in [-0.4, -0.2) is 8.42 Å². The zero-order chi connectivity index (χ0) is 14.9. The van der Waals surface area contributed by atoms with Gasteiger partial charge in [-0.3, -0.25) is 4.72 Å². The van der Waals surface area contributed by atoms with Crippen LogP contribution < -0.4 is 10.5 Å². The molecule has 0 saturated heterocycles. The topological polar surface area (TPSA) is 72.2 Å². The first-order valence-corrected chi connectivity index (χ1v) is 7.43. The van der Waals surface area contributed by atoms with Gasteiger partial charge in [0.15, 0.2) is 0 Å². The average molecular weight is 294 g/mol. The number of hydrogen-bond donors (Lipinski definition) is 2. The third-order valence-corrected chi connectivity index (χ3v) is 4.22. The van der Waals surface area contributed by atoms with E-state index in [2.05, 4.69) is 4.72 Å². The molecule has 0 bridgehead atoms. The first-order valence-electron chi connectivity index (χ1n) is 5.95. The fraction of sp³-hybridized carbons (Fsp3) is 0.143. The number of nitrogen functional groups attached to an aromatic ring is 1.